The van der Waals surface area contributed by atoms with E-state index >= 15 is 0 Å². The number of carbonyl (C=O) groups is 1. The number of hydrogen-bond acceptors (Lipinski definition) is 4. The molecule has 4 nitrogen and oxygen atoms in total. The summed E-state index contributed by atoms with van der Waals surface area (Å²) in [6.45, 7) is 6.50. The second-order valence-electron chi connectivity index (χ2n) is 6.01. The predicted octanol–water partition coefficient (Wildman–Crippen LogP) is 3.61. The fourth-order valence-corrected chi connectivity index (χ4v) is 3.17. The number of benzene rings is 1. The lowest BCUT2D eigenvalue weighted by Gasteiger charge is -2.26. The Bertz CT molecular complexity index is 647. The molecule has 0 aliphatic heterocycles. The third-order valence-electron chi connectivity index (χ3n) is 3.72. The van der Waals surface area contributed by atoms with Crippen LogP contribution in [0, 0.1) is 6.92 Å². The Morgan fingerprint density at radius 3 is 2.48 bits per heavy atom. The molecule has 0 fully saturated rings. The fraction of sp³-hybridized carbons (Fsp3) is 0.389. The van der Waals surface area contributed by atoms with Gasteiger partial charge in [0.05, 0.1) is 7.11 Å². The van der Waals surface area contributed by atoms with Crippen LogP contribution in [-0.2, 0) is 11.2 Å². The second kappa shape index (κ2) is 7.51. The van der Waals surface area contributed by atoms with Crippen molar-refractivity contribution in [3.05, 3.63) is 46.2 Å². The van der Waals surface area contributed by atoms with Crippen LogP contribution in [0.25, 0.3) is 0 Å². The maximum absolute atomic E-state index is 12.4. The Morgan fingerprint density at radius 2 is 1.91 bits per heavy atom. The van der Waals surface area contributed by atoms with E-state index in [1.165, 1.54) is 10.4 Å². The number of thiophene rings is 1. The molecule has 0 aliphatic carbocycles. The first-order chi connectivity index (χ1) is 10.9. The summed E-state index contributed by atoms with van der Waals surface area (Å²) in [7, 11) is 1.63. The first-order valence-corrected chi connectivity index (χ1v) is 8.54. The van der Waals surface area contributed by atoms with Gasteiger partial charge in [-0.15, -0.1) is 11.3 Å². The normalized spacial score (nSPS) is 11.1. The summed E-state index contributed by atoms with van der Waals surface area (Å²) >= 11 is 1.74. The maximum atomic E-state index is 12.4. The molecule has 0 bridgehead atoms. The number of hydrogen-bond donors (Lipinski definition) is 2. The molecule has 124 valence electrons. The van der Waals surface area contributed by atoms with E-state index in [2.05, 4.69) is 29.0 Å². The number of amides is 1. The molecule has 0 spiro atoms. The van der Waals surface area contributed by atoms with E-state index in [4.69, 9.17) is 4.74 Å². The largest absolute Gasteiger partial charge is 0.497 e. The van der Waals surface area contributed by atoms with Crippen molar-refractivity contribution in [3.63, 3.8) is 0 Å². The van der Waals surface area contributed by atoms with Gasteiger partial charge in [0.2, 0.25) is 5.91 Å². The van der Waals surface area contributed by atoms with Gasteiger partial charge < -0.3 is 15.4 Å². The molecule has 1 heterocycles. The van der Waals surface area contributed by atoms with E-state index in [-0.39, 0.29) is 5.91 Å². The summed E-state index contributed by atoms with van der Waals surface area (Å²) in [4.78, 5) is 13.7. The Hall–Kier alpha value is -2.01. The molecular formula is C18H24N2O2S. The Kier molecular flexibility index (Phi) is 5.66. The molecular weight excluding hydrogens is 308 g/mol. The average molecular weight is 332 g/mol. The quantitative estimate of drug-likeness (QED) is 0.814. The third-order valence-corrected chi connectivity index (χ3v) is 4.80. The van der Waals surface area contributed by atoms with Crippen molar-refractivity contribution in [1.82, 2.24) is 5.32 Å². The SMILES string of the molecule is COc1ccc(NC(C)(C)C(=O)NCCc2sccc2C)cc1. The van der Waals surface area contributed by atoms with Crippen LogP contribution < -0.4 is 15.4 Å². The second-order valence-corrected chi connectivity index (χ2v) is 7.01. The highest BCUT2D eigenvalue weighted by atomic mass is 32.1. The van der Waals surface area contributed by atoms with E-state index in [1.807, 2.05) is 38.1 Å². The number of carbonyl (C=O) groups excluding carboxylic acids is 1. The molecule has 0 unspecified atom stereocenters. The third kappa shape index (κ3) is 4.73. The Morgan fingerprint density at radius 1 is 1.22 bits per heavy atom. The molecule has 0 aliphatic rings. The van der Waals surface area contributed by atoms with Crippen molar-refractivity contribution in [2.45, 2.75) is 32.7 Å². The van der Waals surface area contributed by atoms with Crippen molar-refractivity contribution in [2.75, 3.05) is 19.0 Å². The van der Waals surface area contributed by atoms with Crippen LogP contribution in [-0.4, -0.2) is 25.1 Å². The average Bonchev–Trinajstić information content (AvgIpc) is 2.93. The number of nitrogens with one attached hydrogen (secondary N) is 2. The predicted molar refractivity (Wildman–Crippen MR) is 96.5 cm³/mol. The summed E-state index contributed by atoms with van der Waals surface area (Å²) in [5, 5.41) is 8.36. The van der Waals surface area contributed by atoms with Crippen LogP contribution in [0.3, 0.4) is 0 Å². The zero-order valence-electron chi connectivity index (χ0n) is 14.1. The Balaban J connectivity index is 1.87. The van der Waals surface area contributed by atoms with Gasteiger partial charge in [-0.05, 0) is 68.5 Å². The monoisotopic (exact) mass is 332 g/mol. The van der Waals surface area contributed by atoms with Crippen LogP contribution in [0.1, 0.15) is 24.3 Å². The van der Waals surface area contributed by atoms with Crippen molar-refractivity contribution >= 4 is 22.9 Å². The van der Waals surface area contributed by atoms with Gasteiger partial charge in [-0.25, -0.2) is 0 Å². The minimum Gasteiger partial charge on any atom is -0.497 e. The van der Waals surface area contributed by atoms with Crippen molar-refractivity contribution in [3.8, 4) is 5.75 Å². The molecule has 2 rings (SSSR count). The standard InChI is InChI=1S/C18H24N2O2S/c1-13-10-12-23-16(13)9-11-19-17(21)18(2,3)20-14-5-7-15(22-4)8-6-14/h5-8,10,12,20H,9,11H2,1-4H3,(H,19,21). The number of ether oxygens (including phenoxy) is 1. The van der Waals surface area contributed by atoms with Crippen LogP contribution >= 0.6 is 11.3 Å². The van der Waals surface area contributed by atoms with Gasteiger partial charge in [0.25, 0.3) is 0 Å². The highest BCUT2D eigenvalue weighted by molar-refractivity contribution is 7.10. The molecule has 1 amide bonds. The van der Waals surface area contributed by atoms with E-state index < -0.39 is 5.54 Å². The highest BCUT2D eigenvalue weighted by Gasteiger charge is 2.26. The summed E-state index contributed by atoms with van der Waals surface area (Å²) in [5.74, 6) is 0.784. The molecule has 0 saturated heterocycles. The number of aryl methyl sites for hydroxylation is 1. The van der Waals surface area contributed by atoms with Crippen LogP contribution in [0.4, 0.5) is 5.69 Å². The van der Waals surface area contributed by atoms with E-state index in [0.717, 1.165) is 17.9 Å². The molecule has 0 atom stereocenters. The van der Waals surface area contributed by atoms with E-state index in [9.17, 15) is 4.79 Å². The lowest BCUT2D eigenvalue weighted by Crippen LogP contribution is -2.48. The van der Waals surface area contributed by atoms with Crippen molar-refractivity contribution < 1.29 is 9.53 Å². The molecule has 1 aromatic carbocycles. The first-order valence-electron chi connectivity index (χ1n) is 7.66. The van der Waals surface area contributed by atoms with Crippen LogP contribution in [0.15, 0.2) is 35.7 Å². The highest BCUT2D eigenvalue weighted by Crippen LogP contribution is 2.19. The van der Waals surface area contributed by atoms with Crippen molar-refractivity contribution in [2.24, 2.45) is 0 Å². The summed E-state index contributed by atoms with van der Waals surface area (Å²) in [6, 6.07) is 9.66. The zero-order valence-corrected chi connectivity index (χ0v) is 14.9. The number of methoxy groups -OCH3 is 1. The minimum absolute atomic E-state index is 0.0115. The van der Waals surface area contributed by atoms with Gasteiger partial charge in [-0.2, -0.15) is 0 Å². The first kappa shape index (κ1) is 17.3. The van der Waals surface area contributed by atoms with Gasteiger partial charge in [0.15, 0.2) is 0 Å². The molecule has 5 heteroatoms. The summed E-state index contributed by atoms with van der Waals surface area (Å²) in [5.41, 5.74) is 1.50. The fourth-order valence-electron chi connectivity index (χ4n) is 2.26. The summed E-state index contributed by atoms with van der Waals surface area (Å²) in [6.07, 6.45) is 0.869. The minimum atomic E-state index is -0.681. The van der Waals surface area contributed by atoms with Crippen molar-refractivity contribution in [1.29, 1.82) is 0 Å². The molecule has 0 radical (unpaired) electrons. The van der Waals surface area contributed by atoms with Gasteiger partial charge in [0, 0.05) is 17.1 Å². The molecule has 23 heavy (non-hydrogen) atoms. The van der Waals surface area contributed by atoms with Gasteiger partial charge >= 0.3 is 0 Å². The maximum Gasteiger partial charge on any atom is 0.245 e. The number of anilines is 1. The van der Waals surface area contributed by atoms with Gasteiger partial charge in [-0.3, -0.25) is 4.79 Å². The molecule has 1 aromatic heterocycles. The van der Waals surface area contributed by atoms with Gasteiger partial charge in [-0.1, -0.05) is 0 Å². The molecule has 2 aromatic rings. The van der Waals surface area contributed by atoms with E-state index in [1.54, 1.807) is 18.4 Å². The Labute approximate surface area is 141 Å². The summed E-state index contributed by atoms with van der Waals surface area (Å²) < 4.78 is 5.14. The van der Waals surface area contributed by atoms with Crippen LogP contribution in [0.5, 0.6) is 5.75 Å². The molecule has 0 saturated carbocycles. The van der Waals surface area contributed by atoms with E-state index in [0.29, 0.717) is 6.54 Å². The topological polar surface area (TPSA) is 50.4 Å². The smallest absolute Gasteiger partial charge is 0.245 e. The zero-order chi connectivity index (χ0) is 16.9. The lowest BCUT2D eigenvalue weighted by molar-refractivity contribution is -0.124. The number of rotatable bonds is 7. The van der Waals surface area contributed by atoms with Crippen LogP contribution in [0.2, 0.25) is 0 Å². The molecule has 2 N–H and O–H groups in total. The lowest BCUT2D eigenvalue weighted by atomic mass is 10.0. The van der Waals surface area contributed by atoms with Gasteiger partial charge in [0.1, 0.15) is 11.3 Å².